The number of halogens is 1. The predicted molar refractivity (Wildman–Crippen MR) is 79.1 cm³/mol. The Morgan fingerprint density at radius 2 is 2.10 bits per heavy atom. The molecule has 102 valence electrons. The highest BCUT2D eigenvalue weighted by atomic mass is 35.5. The van der Waals surface area contributed by atoms with Gasteiger partial charge in [-0.1, -0.05) is 29.4 Å². The zero-order valence-electron chi connectivity index (χ0n) is 11.0. The normalized spacial score (nSPS) is 11.2. The Morgan fingerprint density at radius 3 is 2.85 bits per heavy atom. The molecule has 0 amide bonds. The highest BCUT2D eigenvalue weighted by Crippen LogP contribution is 2.22. The van der Waals surface area contributed by atoms with Gasteiger partial charge in [0.1, 0.15) is 5.15 Å². The molecule has 0 spiro atoms. The molecule has 0 aliphatic carbocycles. The Balaban J connectivity index is 1.86. The fraction of sp³-hybridized carbons (Fsp3) is 0.231. The molecular weight excluding hydrogens is 294 g/mol. The summed E-state index contributed by atoms with van der Waals surface area (Å²) in [5.41, 5.74) is 3.11. The molecular formula is C13H12ClN5S. The number of pyridine rings is 1. The number of rotatable bonds is 3. The zero-order chi connectivity index (χ0) is 14.1. The molecule has 3 rings (SSSR count). The molecule has 0 saturated heterocycles. The van der Waals surface area contributed by atoms with Gasteiger partial charge in [-0.2, -0.15) is 0 Å². The Kier molecular flexibility index (Phi) is 3.58. The van der Waals surface area contributed by atoms with Crippen LogP contribution in [0.3, 0.4) is 0 Å². The molecule has 0 atom stereocenters. The topological polar surface area (TPSA) is 56.0 Å². The molecule has 0 aromatic carbocycles. The van der Waals surface area contributed by atoms with Gasteiger partial charge in [-0.25, -0.2) is 9.97 Å². The van der Waals surface area contributed by atoms with Crippen molar-refractivity contribution in [2.45, 2.75) is 24.8 Å². The van der Waals surface area contributed by atoms with Crippen molar-refractivity contribution in [1.82, 2.24) is 24.6 Å². The standard InChI is InChI=1S/C13H12ClN5S/c1-8-5-9(2)19-12(16-8)17-18-13(19)20-7-10-3-4-11(14)15-6-10/h3-6H,7H2,1-2H3. The van der Waals surface area contributed by atoms with Gasteiger partial charge in [-0.05, 0) is 31.5 Å². The molecule has 20 heavy (non-hydrogen) atoms. The lowest BCUT2D eigenvalue weighted by Gasteiger charge is -2.04. The summed E-state index contributed by atoms with van der Waals surface area (Å²) in [6.45, 7) is 3.98. The van der Waals surface area contributed by atoms with E-state index >= 15 is 0 Å². The van der Waals surface area contributed by atoms with E-state index in [4.69, 9.17) is 11.6 Å². The Morgan fingerprint density at radius 1 is 1.25 bits per heavy atom. The number of fused-ring (bicyclic) bond motifs is 1. The number of nitrogens with zero attached hydrogens (tertiary/aromatic N) is 5. The lowest BCUT2D eigenvalue weighted by Crippen LogP contribution is -1.97. The van der Waals surface area contributed by atoms with Gasteiger partial charge in [0.15, 0.2) is 5.16 Å². The molecule has 0 aliphatic rings. The third-order valence-electron chi connectivity index (χ3n) is 2.82. The monoisotopic (exact) mass is 305 g/mol. The van der Waals surface area contributed by atoms with Gasteiger partial charge in [0.25, 0.3) is 5.78 Å². The minimum absolute atomic E-state index is 0.502. The second-order valence-corrected chi connectivity index (χ2v) is 5.76. The molecule has 5 nitrogen and oxygen atoms in total. The van der Waals surface area contributed by atoms with Crippen molar-refractivity contribution in [3.8, 4) is 0 Å². The Labute approximate surface area is 125 Å². The first-order valence-corrected chi connectivity index (χ1v) is 7.42. The number of thioether (sulfide) groups is 1. The minimum Gasteiger partial charge on any atom is -0.259 e. The minimum atomic E-state index is 0.502. The SMILES string of the molecule is Cc1cc(C)n2c(SCc3ccc(Cl)nc3)nnc2n1. The van der Waals surface area contributed by atoms with Crippen molar-refractivity contribution in [3.63, 3.8) is 0 Å². The third-order valence-corrected chi connectivity index (χ3v) is 4.04. The van der Waals surface area contributed by atoms with Crippen LogP contribution in [0, 0.1) is 13.8 Å². The summed E-state index contributed by atoms with van der Waals surface area (Å²) in [4.78, 5) is 8.44. The Hall–Kier alpha value is -1.66. The summed E-state index contributed by atoms with van der Waals surface area (Å²) in [5, 5.41) is 9.64. The van der Waals surface area contributed by atoms with Gasteiger partial charge in [0.05, 0.1) is 0 Å². The second kappa shape index (κ2) is 5.38. The fourth-order valence-corrected chi connectivity index (χ4v) is 2.97. The van der Waals surface area contributed by atoms with Crippen LogP contribution in [0.5, 0.6) is 0 Å². The van der Waals surface area contributed by atoms with Crippen molar-refractivity contribution in [1.29, 1.82) is 0 Å². The van der Waals surface area contributed by atoms with Crippen molar-refractivity contribution < 1.29 is 0 Å². The highest BCUT2D eigenvalue weighted by Gasteiger charge is 2.10. The first-order valence-electron chi connectivity index (χ1n) is 6.06. The van der Waals surface area contributed by atoms with Gasteiger partial charge in [0, 0.05) is 23.3 Å². The zero-order valence-corrected chi connectivity index (χ0v) is 12.6. The maximum Gasteiger partial charge on any atom is 0.256 e. The average Bonchev–Trinajstić information content (AvgIpc) is 2.81. The average molecular weight is 306 g/mol. The fourth-order valence-electron chi connectivity index (χ4n) is 1.93. The van der Waals surface area contributed by atoms with Crippen LogP contribution in [-0.2, 0) is 5.75 Å². The maximum atomic E-state index is 5.77. The van der Waals surface area contributed by atoms with Gasteiger partial charge < -0.3 is 0 Å². The van der Waals surface area contributed by atoms with E-state index in [1.807, 2.05) is 30.4 Å². The second-order valence-electron chi connectivity index (χ2n) is 4.43. The van der Waals surface area contributed by atoms with Crippen molar-refractivity contribution in [2.24, 2.45) is 0 Å². The van der Waals surface area contributed by atoms with Gasteiger partial charge >= 0.3 is 0 Å². The summed E-state index contributed by atoms with van der Waals surface area (Å²) >= 11 is 7.37. The molecule has 0 saturated carbocycles. The van der Waals surface area contributed by atoms with Gasteiger partial charge in [-0.15, -0.1) is 10.2 Å². The molecule has 0 radical (unpaired) electrons. The van der Waals surface area contributed by atoms with E-state index in [1.54, 1.807) is 24.0 Å². The molecule has 7 heteroatoms. The van der Waals surface area contributed by atoms with Crippen LogP contribution in [0.25, 0.3) is 5.78 Å². The first-order chi connectivity index (χ1) is 9.63. The van der Waals surface area contributed by atoms with Crippen LogP contribution < -0.4 is 0 Å². The molecule has 3 heterocycles. The molecule has 0 bridgehead atoms. The van der Waals surface area contributed by atoms with Gasteiger partial charge in [-0.3, -0.25) is 4.40 Å². The third kappa shape index (κ3) is 2.62. The van der Waals surface area contributed by atoms with Crippen molar-refractivity contribution in [2.75, 3.05) is 0 Å². The molecule has 3 aromatic heterocycles. The van der Waals surface area contributed by atoms with E-state index in [2.05, 4.69) is 20.2 Å². The summed E-state index contributed by atoms with van der Waals surface area (Å²) < 4.78 is 1.96. The van der Waals surface area contributed by atoms with E-state index in [0.29, 0.717) is 10.9 Å². The highest BCUT2D eigenvalue weighted by molar-refractivity contribution is 7.98. The molecule has 0 unspecified atom stereocenters. The van der Waals surface area contributed by atoms with Crippen molar-refractivity contribution in [3.05, 3.63) is 46.5 Å². The summed E-state index contributed by atoms with van der Waals surface area (Å²) in [6.07, 6.45) is 1.77. The van der Waals surface area contributed by atoms with Gasteiger partial charge in [0.2, 0.25) is 0 Å². The first kappa shape index (κ1) is 13.3. The number of hydrogen-bond donors (Lipinski definition) is 0. The van der Waals surface area contributed by atoms with E-state index in [-0.39, 0.29) is 0 Å². The van der Waals surface area contributed by atoms with E-state index in [9.17, 15) is 0 Å². The van der Waals surface area contributed by atoms with E-state index in [0.717, 1.165) is 27.9 Å². The Bertz CT molecular complexity index is 753. The lowest BCUT2D eigenvalue weighted by atomic mass is 10.3. The van der Waals surface area contributed by atoms with E-state index < -0.39 is 0 Å². The molecule has 0 aliphatic heterocycles. The summed E-state index contributed by atoms with van der Waals surface area (Å²) in [7, 11) is 0. The summed E-state index contributed by atoms with van der Waals surface area (Å²) in [6, 6.07) is 5.76. The molecule has 3 aromatic rings. The summed E-state index contributed by atoms with van der Waals surface area (Å²) in [5.74, 6) is 1.40. The van der Waals surface area contributed by atoms with Crippen LogP contribution in [0.4, 0.5) is 0 Å². The molecule has 0 fully saturated rings. The predicted octanol–water partition coefficient (Wildman–Crippen LogP) is 3.08. The van der Waals surface area contributed by atoms with Crippen LogP contribution in [-0.4, -0.2) is 24.6 Å². The smallest absolute Gasteiger partial charge is 0.256 e. The quantitative estimate of drug-likeness (QED) is 0.550. The van der Waals surface area contributed by atoms with Crippen LogP contribution in [0.2, 0.25) is 5.15 Å². The number of aromatic nitrogens is 5. The van der Waals surface area contributed by atoms with E-state index in [1.165, 1.54) is 0 Å². The molecule has 0 N–H and O–H groups in total. The largest absolute Gasteiger partial charge is 0.259 e. The van der Waals surface area contributed by atoms with Crippen LogP contribution in [0.1, 0.15) is 17.0 Å². The van der Waals surface area contributed by atoms with Crippen LogP contribution >= 0.6 is 23.4 Å². The van der Waals surface area contributed by atoms with Crippen LogP contribution in [0.15, 0.2) is 29.6 Å². The van der Waals surface area contributed by atoms with Crippen molar-refractivity contribution >= 4 is 29.1 Å². The number of hydrogen-bond acceptors (Lipinski definition) is 5. The number of aryl methyl sites for hydroxylation is 2. The maximum absolute atomic E-state index is 5.77. The lowest BCUT2D eigenvalue weighted by molar-refractivity contribution is 0.886.